The van der Waals surface area contributed by atoms with Crippen LogP contribution in [0.15, 0.2) is 190 Å². The smallest absolute Gasteiger partial charge is 0.202 e. The van der Waals surface area contributed by atoms with Gasteiger partial charge in [0.25, 0.3) is 0 Å². The van der Waals surface area contributed by atoms with Crippen molar-refractivity contribution in [2.24, 2.45) is 0 Å². The van der Waals surface area contributed by atoms with Gasteiger partial charge in [0, 0.05) is 194 Å². The number of ketones is 10. The van der Waals surface area contributed by atoms with Crippen molar-refractivity contribution in [2.45, 2.75) is 87.5 Å². The summed E-state index contributed by atoms with van der Waals surface area (Å²) in [5.74, 6) is -2.09. The minimum atomic E-state index is -0.268. The summed E-state index contributed by atoms with van der Waals surface area (Å²) in [7, 11) is 6.67. The fraction of sp³-hybridized carbons (Fsp3) is 0.348. The topological polar surface area (TPSA) is 430 Å². The molecule has 0 radical (unpaired) electrons. The van der Waals surface area contributed by atoms with Crippen LogP contribution in [0.1, 0.15) is 73.7 Å². The predicted octanol–water partition coefficient (Wildman–Crippen LogP) is 6.02. The lowest BCUT2D eigenvalue weighted by Crippen LogP contribution is -2.32. The standard InChI is InChI=1S/C20H26N2O5.C20H26N2O3.C19H24N2O3.C17H20N2O3.C16H16ClNO4/c1-21(6-9-23)18-14-19(26)16(13-20(18)27)12-15-2-4-17(5-3-15)22(7-10-24)8-11-25;1-11-13(3)20(21)14(4)12(2)16(11)8-15-9-19(25)17(10-18(15)24)22(5)6-7-23;1-4-21(7-8-22)17-11-18(23)15(10-19(17)24)9-14-5-6-16(20)13(3)12(14)2;1-11-7-12(3-4-14(11)18)8-13-9-17(22)15(10-16(13)21)19(2)5-6-20;1-18(4-5-19)13-9-15(21)11(8-16(13)22)6-10-2-3-14(20)12(17)7-10/h2-5,13-14,23-25H,6-12H2,1H3;9-10,23H,6-8,21H2,1-5H3;5-6,10-11,22H,4,7-9,20H2,1-3H3;3-4,7,9-10,20H,5-6,8,18H2,1-2H3;2-3,7-9,19-20H,4-6H2,1H3. The Hall–Kier alpha value is -11.8. The molecule has 28 heteroatoms. The number of phenols is 1. The van der Waals surface area contributed by atoms with Crippen LogP contribution in [0.2, 0.25) is 5.02 Å². The molecule has 14 N–H and O–H groups in total. The molecule has 5 aromatic rings. The number of benzene rings is 5. The van der Waals surface area contributed by atoms with Crippen molar-refractivity contribution in [2.75, 3.05) is 149 Å². The summed E-state index contributed by atoms with van der Waals surface area (Å²) in [4.78, 5) is 133. The molecule has 5 aliphatic rings. The molecule has 0 saturated heterocycles. The minimum absolute atomic E-state index is 0.00928. The molecule has 0 atom stereocenters. The molecule has 0 aliphatic heterocycles. The fourth-order valence-electron chi connectivity index (χ4n) is 13.5. The van der Waals surface area contributed by atoms with E-state index >= 15 is 0 Å². The van der Waals surface area contributed by atoms with E-state index in [0.29, 0.717) is 116 Å². The number of aliphatic hydroxyl groups is 7. The van der Waals surface area contributed by atoms with Gasteiger partial charge in [-0.05, 0) is 189 Å². The van der Waals surface area contributed by atoms with Gasteiger partial charge in [-0.25, -0.2) is 0 Å². The zero-order valence-electron chi connectivity index (χ0n) is 70.3. The molecular weight excluding hydrogens is 1550 g/mol. The number of nitrogens with zero attached hydrogens (tertiary/aromatic N) is 6. The number of hydrogen-bond donors (Lipinski definition) is 11. The number of aliphatic hydroxyl groups excluding tert-OH is 7. The molecule has 27 nitrogen and oxygen atoms in total. The number of aryl methyl sites for hydroxylation is 1. The zero-order valence-corrected chi connectivity index (χ0v) is 71.1. The first-order chi connectivity index (χ1) is 56.9. The molecule has 0 spiro atoms. The number of halogens is 1. The normalized spacial score (nSPS) is 14.5. The summed E-state index contributed by atoms with van der Waals surface area (Å²) >= 11 is 5.83. The third-order valence-corrected chi connectivity index (χ3v) is 21.6. The Labute approximate surface area is 705 Å². The molecule has 0 fully saturated rings. The van der Waals surface area contributed by atoms with E-state index in [4.69, 9.17) is 64.5 Å². The molecule has 0 heterocycles. The van der Waals surface area contributed by atoms with Crippen molar-refractivity contribution >= 4 is 92.2 Å². The Kier molecular flexibility index (Phi) is 37.2. The Balaban J connectivity index is 0.000000233. The summed E-state index contributed by atoms with van der Waals surface area (Å²) in [6.45, 7) is 18.2. The van der Waals surface area contributed by atoms with Crippen molar-refractivity contribution in [3.05, 3.63) is 262 Å². The number of nitrogen functional groups attached to an aromatic ring is 3. The Morgan fingerprint density at radius 3 is 1.02 bits per heavy atom. The zero-order chi connectivity index (χ0) is 89.1. The lowest BCUT2D eigenvalue weighted by Gasteiger charge is -2.25. The van der Waals surface area contributed by atoms with Crippen LogP contribution in [0.4, 0.5) is 22.7 Å². The van der Waals surface area contributed by atoms with Crippen molar-refractivity contribution in [1.82, 2.24) is 24.5 Å². The van der Waals surface area contributed by atoms with Crippen LogP contribution in [0.3, 0.4) is 0 Å². The van der Waals surface area contributed by atoms with Crippen LogP contribution in [0.25, 0.3) is 0 Å². The van der Waals surface area contributed by atoms with Gasteiger partial charge < -0.3 is 87.5 Å². The molecule has 0 saturated carbocycles. The Morgan fingerprint density at radius 1 is 0.325 bits per heavy atom. The number of anilines is 4. The molecule has 5 aromatic carbocycles. The van der Waals surface area contributed by atoms with Crippen molar-refractivity contribution in [1.29, 1.82) is 0 Å². The monoisotopic (exact) mass is 1670 g/mol. The third kappa shape index (κ3) is 26.1. The van der Waals surface area contributed by atoms with Gasteiger partial charge in [0.2, 0.25) is 28.9 Å². The molecule has 10 rings (SSSR count). The molecule has 0 amide bonds. The lowest BCUT2D eigenvalue weighted by molar-refractivity contribution is -0.116. The highest BCUT2D eigenvalue weighted by Crippen LogP contribution is 2.33. The summed E-state index contributed by atoms with van der Waals surface area (Å²) in [6, 6.07) is 21.4. The summed E-state index contributed by atoms with van der Waals surface area (Å²) in [5.41, 5.74) is 36.5. The van der Waals surface area contributed by atoms with Crippen LogP contribution in [0.5, 0.6) is 5.75 Å². The number of carbonyl (C=O) groups excluding carboxylic acids is 10. The highest BCUT2D eigenvalue weighted by atomic mass is 35.5. The second-order valence-corrected chi connectivity index (χ2v) is 29.8. The molecular formula is C92H112ClN9O18. The Bertz CT molecular complexity index is 4910. The molecule has 120 heavy (non-hydrogen) atoms. The summed E-state index contributed by atoms with van der Waals surface area (Å²) in [6.07, 6.45) is 15.5. The van der Waals surface area contributed by atoms with Crippen LogP contribution in [-0.2, 0) is 80.0 Å². The van der Waals surface area contributed by atoms with Crippen LogP contribution < -0.4 is 22.1 Å². The average Bonchev–Trinajstić information content (AvgIpc) is 0.781. The number of allylic oxidation sites excluding steroid dienone is 15. The van der Waals surface area contributed by atoms with Gasteiger partial charge in [-0.15, -0.1) is 0 Å². The first-order valence-electron chi connectivity index (χ1n) is 39.2. The maximum absolute atomic E-state index is 12.5. The highest BCUT2D eigenvalue weighted by Gasteiger charge is 2.30. The van der Waals surface area contributed by atoms with Crippen molar-refractivity contribution in [3.8, 4) is 5.75 Å². The maximum atomic E-state index is 12.5. The molecule has 5 aliphatic carbocycles. The van der Waals surface area contributed by atoms with Crippen LogP contribution in [0, 0.1) is 48.5 Å². The van der Waals surface area contributed by atoms with E-state index < -0.39 is 0 Å². The molecule has 0 bridgehead atoms. The van der Waals surface area contributed by atoms with E-state index in [9.17, 15) is 53.1 Å². The van der Waals surface area contributed by atoms with Crippen molar-refractivity contribution < 1.29 is 88.8 Å². The maximum Gasteiger partial charge on any atom is 0.202 e. The quantitative estimate of drug-likeness (QED) is 0.0178. The molecule has 0 aromatic heterocycles. The number of likely N-dealkylation sites (N-methyl/N-ethyl adjacent to an activating group) is 5. The van der Waals surface area contributed by atoms with Crippen LogP contribution >= 0.6 is 11.6 Å². The number of carbonyl (C=O) groups is 10. The van der Waals surface area contributed by atoms with Gasteiger partial charge >= 0.3 is 0 Å². The van der Waals surface area contributed by atoms with E-state index in [1.165, 1.54) is 66.8 Å². The van der Waals surface area contributed by atoms with E-state index in [1.54, 1.807) is 70.9 Å². The minimum Gasteiger partial charge on any atom is -0.506 e. The van der Waals surface area contributed by atoms with Gasteiger partial charge in [0.15, 0.2) is 28.9 Å². The Morgan fingerprint density at radius 2 is 0.650 bits per heavy atom. The van der Waals surface area contributed by atoms with Gasteiger partial charge in [-0.2, -0.15) is 0 Å². The van der Waals surface area contributed by atoms with Gasteiger partial charge in [0.05, 0.1) is 79.8 Å². The lowest BCUT2D eigenvalue weighted by atomic mass is 9.86. The number of nitrogens with two attached hydrogens (primary N) is 3. The van der Waals surface area contributed by atoms with Gasteiger partial charge in [-0.1, -0.05) is 48.0 Å². The van der Waals surface area contributed by atoms with E-state index in [-0.39, 0.29) is 146 Å². The number of rotatable bonds is 31. The second-order valence-electron chi connectivity index (χ2n) is 29.4. The largest absolute Gasteiger partial charge is 0.506 e. The predicted molar refractivity (Wildman–Crippen MR) is 464 cm³/mol. The third-order valence-electron chi connectivity index (χ3n) is 21.3. The summed E-state index contributed by atoms with van der Waals surface area (Å²) < 4.78 is 0. The number of aromatic hydroxyl groups is 1. The fourth-order valence-corrected chi connectivity index (χ4v) is 13.7. The first kappa shape index (κ1) is 97.0. The summed E-state index contributed by atoms with van der Waals surface area (Å²) in [5, 5.41) is 72.7. The highest BCUT2D eigenvalue weighted by molar-refractivity contribution is 6.32. The second kappa shape index (κ2) is 46.0. The number of hydrogen-bond acceptors (Lipinski definition) is 27. The number of phenolic OH excluding ortho intramolecular Hbond substituents is 1. The first-order valence-corrected chi connectivity index (χ1v) is 39.5. The van der Waals surface area contributed by atoms with Gasteiger partial charge in [-0.3, -0.25) is 47.9 Å². The average molecular weight is 1670 g/mol. The van der Waals surface area contributed by atoms with Crippen LogP contribution in [-0.4, -0.2) is 250 Å². The SMILES string of the molecule is CCN(CCO)C1=CC(=O)C(Cc2ccc(N)c(C)c2C)=CC1=O.CN(CCO)C1=CC(=O)C(Cc2ccc(N(CCO)CCO)cc2)=CC1=O.CN(CCO)C1=CC(=O)C(Cc2ccc(O)c(Cl)c2)=CC1=O.Cc1c(C)c(CC2=CC(=O)C(N(C)CCO)=CC2=O)c(C)c(C)c1N.Cc1cc(CC2=CC(=O)C(N(C)CCO)=CC2=O)ccc1N. The molecule has 640 valence electrons. The van der Waals surface area contributed by atoms with E-state index in [2.05, 4.69) is 0 Å². The van der Waals surface area contributed by atoms with Gasteiger partial charge in [0.1, 0.15) is 5.75 Å². The van der Waals surface area contributed by atoms with Crippen molar-refractivity contribution in [3.63, 3.8) is 0 Å². The molecule has 0 unspecified atom stereocenters. The van der Waals surface area contributed by atoms with E-state index in [1.807, 2.05) is 109 Å². The van der Waals surface area contributed by atoms with E-state index in [0.717, 1.165) is 83.8 Å².